The van der Waals surface area contributed by atoms with Crippen molar-refractivity contribution in [3.8, 4) is 28.9 Å². The molecule has 0 aliphatic carbocycles. The van der Waals surface area contributed by atoms with Crippen LogP contribution < -0.4 is 24.3 Å². The molecule has 4 rings (SSSR count). The molecule has 0 bridgehead atoms. The Balaban J connectivity index is 1.32. The maximum Gasteiger partial charge on any atom is 0.258 e. The van der Waals surface area contributed by atoms with E-state index in [4.69, 9.17) is 18.9 Å². The van der Waals surface area contributed by atoms with Gasteiger partial charge in [0.2, 0.25) is 5.88 Å². The molecule has 7 heteroatoms. The van der Waals surface area contributed by atoms with Gasteiger partial charge in [-0.2, -0.15) is 0 Å². The van der Waals surface area contributed by atoms with E-state index in [1.165, 1.54) is 0 Å². The van der Waals surface area contributed by atoms with Crippen LogP contribution in [0, 0.1) is 0 Å². The highest BCUT2D eigenvalue weighted by Crippen LogP contribution is 2.35. The van der Waals surface area contributed by atoms with Gasteiger partial charge in [0, 0.05) is 42.4 Å². The lowest BCUT2D eigenvalue weighted by molar-refractivity contribution is -0.123. The van der Waals surface area contributed by atoms with Crippen LogP contribution in [0.4, 0.5) is 0 Å². The van der Waals surface area contributed by atoms with E-state index in [0.717, 1.165) is 29.0 Å². The topological polar surface area (TPSA) is 78.9 Å². The van der Waals surface area contributed by atoms with Crippen LogP contribution in [-0.4, -0.2) is 30.2 Å². The molecule has 0 saturated carbocycles. The molecule has 166 valence electrons. The molecular formula is C25H26N2O5. The quantitative estimate of drug-likeness (QED) is 0.541. The number of ether oxygens (including phenoxy) is 4. The molecule has 1 unspecified atom stereocenters. The van der Waals surface area contributed by atoms with Crippen molar-refractivity contribution >= 4 is 5.91 Å². The first-order chi connectivity index (χ1) is 15.6. The maximum absolute atomic E-state index is 12.4. The fourth-order valence-electron chi connectivity index (χ4n) is 3.46. The second-order valence-electron chi connectivity index (χ2n) is 7.44. The maximum atomic E-state index is 12.4. The number of fused-ring (bicyclic) bond motifs is 1. The second kappa shape index (κ2) is 10.0. The first kappa shape index (κ1) is 21.5. The van der Waals surface area contributed by atoms with Crippen molar-refractivity contribution in [2.75, 3.05) is 13.2 Å². The Labute approximate surface area is 187 Å². The molecule has 7 nitrogen and oxygen atoms in total. The monoisotopic (exact) mass is 434 g/mol. The molecular weight excluding hydrogens is 408 g/mol. The van der Waals surface area contributed by atoms with Crippen LogP contribution in [0.5, 0.6) is 28.9 Å². The van der Waals surface area contributed by atoms with Crippen LogP contribution in [-0.2, 0) is 17.8 Å². The van der Waals surface area contributed by atoms with Crippen molar-refractivity contribution in [1.82, 2.24) is 10.3 Å². The minimum Gasteiger partial charge on any atom is -0.494 e. The summed E-state index contributed by atoms with van der Waals surface area (Å²) in [6, 6.07) is 16.5. The average Bonchev–Trinajstić information content (AvgIpc) is 3.16. The predicted octanol–water partition coefficient (Wildman–Crippen LogP) is 4.29. The third-order valence-corrected chi connectivity index (χ3v) is 4.89. The fraction of sp³-hybridized carbons (Fsp3) is 0.280. The van der Waals surface area contributed by atoms with E-state index in [9.17, 15) is 4.79 Å². The van der Waals surface area contributed by atoms with Gasteiger partial charge in [-0.3, -0.25) is 4.79 Å². The normalized spacial score (nSPS) is 14.2. The Hall–Kier alpha value is -3.74. The van der Waals surface area contributed by atoms with Gasteiger partial charge in [-0.15, -0.1) is 0 Å². The lowest BCUT2D eigenvalue weighted by Gasteiger charge is -2.14. The number of aromatic nitrogens is 1. The summed E-state index contributed by atoms with van der Waals surface area (Å²) in [4.78, 5) is 16.5. The Morgan fingerprint density at radius 3 is 2.81 bits per heavy atom. The molecule has 2 heterocycles. The summed E-state index contributed by atoms with van der Waals surface area (Å²) in [7, 11) is 0. The zero-order valence-corrected chi connectivity index (χ0v) is 18.2. The van der Waals surface area contributed by atoms with Gasteiger partial charge >= 0.3 is 0 Å². The summed E-state index contributed by atoms with van der Waals surface area (Å²) in [5.74, 6) is 2.98. The van der Waals surface area contributed by atoms with E-state index in [1.807, 2.05) is 38.1 Å². The minimum atomic E-state index is -0.238. The van der Waals surface area contributed by atoms with Crippen LogP contribution >= 0.6 is 0 Å². The lowest BCUT2D eigenvalue weighted by atomic mass is 10.1. The molecule has 1 atom stereocenters. The first-order valence-corrected chi connectivity index (χ1v) is 10.6. The van der Waals surface area contributed by atoms with Crippen molar-refractivity contribution in [1.29, 1.82) is 0 Å². The average molecular weight is 434 g/mol. The number of amides is 1. The molecule has 1 N–H and O–H groups in total. The molecule has 1 aromatic heterocycles. The molecule has 0 saturated heterocycles. The van der Waals surface area contributed by atoms with Crippen LogP contribution in [0.15, 0.2) is 60.8 Å². The summed E-state index contributed by atoms with van der Waals surface area (Å²) in [6.45, 7) is 4.74. The summed E-state index contributed by atoms with van der Waals surface area (Å²) in [5, 5.41) is 2.88. The van der Waals surface area contributed by atoms with Gasteiger partial charge < -0.3 is 24.3 Å². The van der Waals surface area contributed by atoms with Crippen molar-refractivity contribution in [3.63, 3.8) is 0 Å². The Morgan fingerprint density at radius 2 is 2.00 bits per heavy atom. The Morgan fingerprint density at radius 1 is 1.12 bits per heavy atom. The van der Waals surface area contributed by atoms with Crippen molar-refractivity contribution in [2.45, 2.75) is 32.9 Å². The number of carbonyl (C=O) groups excluding carboxylic acids is 1. The number of rotatable bonds is 9. The first-order valence-electron chi connectivity index (χ1n) is 10.6. The smallest absolute Gasteiger partial charge is 0.258 e. The Kier molecular flexibility index (Phi) is 6.75. The van der Waals surface area contributed by atoms with Gasteiger partial charge in [-0.1, -0.05) is 12.1 Å². The van der Waals surface area contributed by atoms with Crippen LogP contribution in [0.3, 0.4) is 0 Å². The molecule has 1 amide bonds. The van der Waals surface area contributed by atoms with Crippen LogP contribution in [0.1, 0.15) is 25.0 Å². The zero-order chi connectivity index (χ0) is 22.3. The van der Waals surface area contributed by atoms with Gasteiger partial charge in [-0.25, -0.2) is 4.98 Å². The van der Waals surface area contributed by atoms with E-state index in [-0.39, 0.29) is 18.6 Å². The molecule has 32 heavy (non-hydrogen) atoms. The van der Waals surface area contributed by atoms with Gasteiger partial charge in [0.1, 0.15) is 29.1 Å². The largest absolute Gasteiger partial charge is 0.494 e. The van der Waals surface area contributed by atoms with Crippen LogP contribution in [0.2, 0.25) is 0 Å². The van der Waals surface area contributed by atoms with Gasteiger partial charge in [0.25, 0.3) is 5.91 Å². The van der Waals surface area contributed by atoms with Crippen molar-refractivity contribution < 1.29 is 23.7 Å². The number of carbonyl (C=O) groups is 1. The molecule has 0 fully saturated rings. The summed E-state index contributed by atoms with van der Waals surface area (Å²) in [5.41, 5.74) is 2.01. The van der Waals surface area contributed by atoms with Crippen molar-refractivity contribution in [3.05, 3.63) is 71.9 Å². The number of hydrogen-bond acceptors (Lipinski definition) is 6. The SMILES string of the molecule is CCOc1cc2c(cc1CNC(=O)COc1cccc(Oc3ccccn3)c1)OC(C)C2. The number of nitrogens with one attached hydrogen (secondary N) is 1. The highest BCUT2D eigenvalue weighted by atomic mass is 16.5. The molecule has 1 aliphatic rings. The molecule has 1 aliphatic heterocycles. The van der Waals surface area contributed by atoms with Crippen LogP contribution in [0.25, 0.3) is 0 Å². The second-order valence-corrected chi connectivity index (χ2v) is 7.44. The van der Waals surface area contributed by atoms with E-state index in [0.29, 0.717) is 30.5 Å². The zero-order valence-electron chi connectivity index (χ0n) is 18.2. The van der Waals surface area contributed by atoms with E-state index in [2.05, 4.69) is 10.3 Å². The van der Waals surface area contributed by atoms with Gasteiger partial charge in [-0.05, 0) is 44.2 Å². The van der Waals surface area contributed by atoms with Gasteiger partial charge in [0.05, 0.1) is 6.61 Å². The molecule has 0 radical (unpaired) electrons. The van der Waals surface area contributed by atoms with Crippen molar-refractivity contribution in [2.24, 2.45) is 0 Å². The summed E-state index contributed by atoms with van der Waals surface area (Å²) < 4.78 is 22.9. The highest BCUT2D eigenvalue weighted by Gasteiger charge is 2.22. The molecule has 3 aromatic rings. The number of nitrogens with zero attached hydrogens (tertiary/aromatic N) is 1. The summed E-state index contributed by atoms with van der Waals surface area (Å²) >= 11 is 0. The number of benzene rings is 2. The fourth-order valence-corrected chi connectivity index (χ4v) is 3.46. The number of hydrogen-bond donors (Lipinski definition) is 1. The molecule has 0 spiro atoms. The standard InChI is InChI=1S/C25H26N2O5/c1-3-29-22-12-18-11-17(2)31-23(18)13-19(22)15-27-24(28)16-30-20-7-6-8-21(14-20)32-25-9-4-5-10-26-25/h4-10,12-14,17H,3,11,15-16H2,1-2H3,(H,27,28). The van der Waals surface area contributed by atoms with E-state index < -0.39 is 0 Å². The van der Waals surface area contributed by atoms with Gasteiger partial charge in [0.15, 0.2) is 6.61 Å². The minimum absolute atomic E-state index is 0.116. The third-order valence-electron chi connectivity index (χ3n) is 4.89. The van der Waals surface area contributed by atoms with E-state index in [1.54, 1.807) is 36.5 Å². The predicted molar refractivity (Wildman–Crippen MR) is 119 cm³/mol. The lowest BCUT2D eigenvalue weighted by Crippen LogP contribution is -2.28. The summed E-state index contributed by atoms with van der Waals surface area (Å²) in [6.07, 6.45) is 2.67. The highest BCUT2D eigenvalue weighted by molar-refractivity contribution is 5.77. The molecule has 2 aromatic carbocycles. The van der Waals surface area contributed by atoms with E-state index >= 15 is 0 Å². The third kappa shape index (κ3) is 5.49. The number of pyridine rings is 1. The Bertz CT molecular complexity index is 1070.